The zero-order valence-electron chi connectivity index (χ0n) is 12.4. The van der Waals surface area contributed by atoms with Crippen LogP contribution in [0.5, 0.6) is 11.5 Å². The summed E-state index contributed by atoms with van der Waals surface area (Å²) in [6.07, 6.45) is 3.65. The summed E-state index contributed by atoms with van der Waals surface area (Å²) in [5.41, 5.74) is 1.01. The van der Waals surface area contributed by atoms with E-state index in [1.807, 2.05) is 0 Å². The Morgan fingerprint density at radius 2 is 1.96 bits per heavy atom. The number of ether oxygens (including phenoxy) is 2. The molecule has 1 aliphatic heterocycles. The Bertz CT molecular complexity index is 887. The molecular formula is C16H12BrClFN3O2. The van der Waals surface area contributed by atoms with Gasteiger partial charge in [0.1, 0.15) is 25.4 Å². The standard InChI is InChI=1S/C16H12BrClFN3O2/c17-14-9(18)1-2-10(15(14)19)22-16-8-5-12-13(24-4-3-23-12)6-11(8)20-7-21-16/h2,5-7,9H,1,3-4H2,(H,20,21,22). The van der Waals surface area contributed by atoms with Crippen LogP contribution in [0.4, 0.5) is 10.2 Å². The summed E-state index contributed by atoms with van der Waals surface area (Å²) in [5, 5.41) is 3.35. The number of allylic oxidation sites excluding steroid dienone is 3. The van der Waals surface area contributed by atoms with Gasteiger partial charge >= 0.3 is 0 Å². The van der Waals surface area contributed by atoms with Gasteiger partial charge in [-0.2, -0.15) is 0 Å². The SMILES string of the molecule is FC1=C(Br)C(Cl)CC=C1Nc1ncnc2cc3c(cc12)OCCO3. The zero-order chi connectivity index (χ0) is 16.7. The van der Waals surface area contributed by atoms with Crippen LogP contribution >= 0.6 is 27.5 Å². The molecule has 8 heteroatoms. The Kier molecular flexibility index (Phi) is 4.05. The maximum absolute atomic E-state index is 14.4. The van der Waals surface area contributed by atoms with Gasteiger partial charge in [-0.25, -0.2) is 14.4 Å². The van der Waals surface area contributed by atoms with E-state index in [4.69, 9.17) is 21.1 Å². The van der Waals surface area contributed by atoms with Gasteiger partial charge in [0, 0.05) is 11.5 Å². The van der Waals surface area contributed by atoms with Crippen LogP contribution in [0.2, 0.25) is 0 Å². The van der Waals surface area contributed by atoms with Gasteiger partial charge in [-0.1, -0.05) is 22.0 Å². The van der Waals surface area contributed by atoms with Gasteiger partial charge in [-0.05, 0) is 12.5 Å². The third-order valence-electron chi connectivity index (χ3n) is 3.80. The van der Waals surface area contributed by atoms with Gasteiger partial charge in [0.15, 0.2) is 17.3 Å². The molecule has 1 N–H and O–H groups in total. The van der Waals surface area contributed by atoms with Crippen molar-refractivity contribution in [3.63, 3.8) is 0 Å². The summed E-state index contributed by atoms with van der Waals surface area (Å²) in [6.45, 7) is 0.993. The normalized spacial score (nSPS) is 20.1. The van der Waals surface area contributed by atoms with E-state index in [0.717, 1.165) is 5.39 Å². The highest BCUT2D eigenvalue weighted by molar-refractivity contribution is 9.11. The molecule has 1 aliphatic carbocycles. The van der Waals surface area contributed by atoms with Crippen molar-refractivity contribution in [2.45, 2.75) is 11.8 Å². The van der Waals surface area contributed by atoms with Gasteiger partial charge in [-0.3, -0.25) is 0 Å². The minimum atomic E-state index is -0.425. The van der Waals surface area contributed by atoms with Crippen molar-refractivity contribution >= 4 is 44.3 Å². The van der Waals surface area contributed by atoms with Crippen LogP contribution in [0.3, 0.4) is 0 Å². The lowest BCUT2D eigenvalue weighted by molar-refractivity contribution is 0.172. The average molecular weight is 413 g/mol. The first-order valence-electron chi connectivity index (χ1n) is 7.34. The van der Waals surface area contributed by atoms with Gasteiger partial charge in [0.25, 0.3) is 0 Å². The highest BCUT2D eigenvalue weighted by Gasteiger charge is 2.23. The van der Waals surface area contributed by atoms with E-state index in [-0.39, 0.29) is 0 Å². The highest BCUT2D eigenvalue weighted by Crippen LogP contribution is 2.38. The molecule has 1 aromatic heterocycles. The lowest BCUT2D eigenvalue weighted by Gasteiger charge is -2.20. The lowest BCUT2D eigenvalue weighted by Crippen LogP contribution is -2.15. The number of hydrogen-bond donors (Lipinski definition) is 1. The molecule has 4 rings (SSSR count). The monoisotopic (exact) mass is 411 g/mol. The van der Waals surface area contributed by atoms with Gasteiger partial charge in [-0.15, -0.1) is 11.6 Å². The highest BCUT2D eigenvalue weighted by atomic mass is 79.9. The van der Waals surface area contributed by atoms with E-state index in [9.17, 15) is 4.39 Å². The summed E-state index contributed by atoms with van der Waals surface area (Å²) in [6, 6.07) is 3.60. The molecule has 5 nitrogen and oxygen atoms in total. The molecule has 0 saturated carbocycles. The maximum atomic E-state index is 14.4. The summed E-state index contributed by atoms with van der Waals surface area (Å²) in [7, 11) is 0. The second-order valence-corrected chi connectivity index (χ2v) is 6.72. The summed E-state index contributed by atoms with van der Waals surface area (Å²) in [4.78, 5) is 8.48. The van der Waals surface area contributed by atoms with Crippen LogP contribution in [-0.4, -0.2) is 28.6 Å². The quantitative estimate of drug-likeness (QED) is 0.746. The molecule has 0 amide bonds. The van der Waals surface area contributed by atoms with Crippen LogP contribution in [0, 0.1) is 0 Å². The molecule has 1 unspecified atom stereocenters. The largest absolute Gasteiger partial charge is 0.486 e. The predicted octanol–water partition coefficient (Wildman–Crippen LogP) is 4.28. The van der Waals surface area contributed by atoms with Crippen molar-refractivity contribution in [2.75, 3.05) is 18.5 Å². The van der Waals surface area contributed by atoms with E-state index < -0.39 is 11.2 Å². The van der Waals surface area contributed by atoms with Crippen LogP contribution in [-0.2, 0) is 0 Å². The first-order chi connectivity index (χ1) is 11.6. The maximum Gasteiger partial charge on any atom is 0.163 e. The Morgan fingerprint density at radius 3 is 2.75 bits per heavy atom. The number of benzene rings is 1. The molecule has 0 saturated heterocycles. The first kappa shape index (κ1) is 15.7. The molecule has 1 aromatic carbocycles. The fraction of sp³-hybridized carbons (Fsp3) is 0.250. The molecule has 124 valence electrons. The second kappa shape index (κ2) is 6.22. The first-order valence-corrected chi connectivity index (χ1v) is 8.57. The number of rotatable bonds is 2. The number of halogens is 3. The van der Waals surface area contributed by atoms with Crippen molar-refractivity contribution in [3.8, 4) is 11.5 Å². The molecule has 2 heterocycles. The number of hydrogen-bond acceptors (Lipinski definition) is 5. The number of fused-ring (bicyclic) bond motifs is 2. The number of aromatic nitrogens is 2. The van der Waals surface area contributed by atoms with Gasteiger partial charge < -0.3 is 14.8 Å². The molecule has 2 aliphatic rings. The van der Waals surface area contributed by atoms with Crippen LogP contribution in [0.25, 0.3) is 10.9 Å². The topological polar surface area (TPSA) is 56.3 Å². The Balaban J connectivity index is 1.75. The van der Waals surface area contributed by atoms with Crippen LogP contribution in [0.15, 0.2) is 40.5 Å². The molecule has 0 bridgehead atoms. The number of anilines is 1. The molecule has 1 atom stereocenters. The number of alkyl halides is 1. The Labute approximate surface area is 150 Å². The summed E-state index contributed by atoms with van der Waals surface area (Å²) < 4.78 is 25.9. The van der Waals surface area contributed by atoms with E-state index in [2.05, 4.69) is 31.2 Å². The van der Waals surface area contributed by atoms with Crippen molar-refractivity contribution in [1.82, 2.24) is 9.97 Å². The third-order valence-corrected chi connectivity index (χ3v) is 5.36. The predicted molar refractivity (Wildman–Crippen MR) is 93.6 cm³/mol. The smallest absolute Gasteiger partial charge is 0.163 e. The fourth-order valence-corrected chi connectivity index (χ4v) is 3.19. The molecule has 0 spiro atoms. The number of nitrogens with one attached hydrogen (secondary N) is 1. The lowest BCUT2D eigenvalue weighted by atomic mass is 10.1. The van der Waals surface area contributed by atoms with E-state index >= 15 is 0 Å². The van der Waals surface area contributed by atoms with Crippen molar-refractivity contribution in [1.29, 1.82) is 0 Å². The van der Waals surface area contributed by atoms with E-state index in [0.29, 0.717) is 52.6 Å². The minimum absolute atomic E-state index is 0.327. The zero-order valence-corrected chi connectivity index (χ0v) is 14.7. The molecule has 0 fully saturated rings. The molecule has 24 heavy (non-hydrogen) atoms. The third kappa shape index (κ3) is 2.71. The molecule has 2 aromatic rings. The van der Waals surface area contributed by atoms with Crippen LogP contribution < -0.4 is 14.8 Å². The molecule has 0 radical (unpaired) electrons. The Hall–Kier alpha value is -1.86. The molecular weight excluding hydrogens is 401 g/mol. The van der Waals surface area contributed by atoms with E-state index in [1.54, 1.807) is 18.2 Å². The second-order valence-electron chi connectivity index (χ2n) is 5.34. The minimum Gasteiger partial charge on any atom is -0.486 e. The summed E-state index contributed by atoms with van der Waals surface area (Å²) in [5.74, 6) is 1.34. The van der Waals surface area contributed by atoms with E-state index in [1.165, 1.54) is 6.33 Å². The van der Waals surface area contributed by atoms with Gasteiger partial charge in [0.2, 0.25) is 0 Å². The number of nitrogens with zero attached hydrogens (tertiary/aromatic N) is 2. The van der Waals surface area contributed by atoms with Gasteiger partial charge in [0.05, 0.1) is 21.1 Å². The summed E-state index contributed by atoms with van der Waals surface area (Å²) >= 11 is 9.23. The van der Waals surface area contributed by atoms with Crippen molar-refractivity contribution < 1.29 is 13.9 Å². The van der Waals surface area contributed by atoms with Crippen LogP contribution in [0.1, 0.15) is 6.42 Å². The fourth-order valence-electron chi connectivity index (χ4n) is 2.61. The average Bonchev–Trinajstić information content (AvgIpc) is 2.61. The Morgan fingerprint density at radius 1 is 1.21 bits per heavy atom. The van der Waals surface area contributed by atoms with Crippen molar-refractivity contribution in [2.24, 2.45) is 0 Å². The van der Waals surface area contributed by atoms with Crippen molar-refractivity contribution in [3.05, 3.63) is 40.5 Å².